The molecule has 1 heterocycles. The normalized spacial score (nSPS) is 35.8. The van der Waals surface area contributed by atoms with Crippen LogP contribution in [0.4, 0.5) is 0 Å². The molecule has 2 N–H and O–H groups in total. The Morgan fingerprint density at radius 3 is 2.29 bits per heavy atom. The molecule has 0 amide bonds. The minimum absolute atomic E-state index is 0.250. The van der Waals surface area contributed by atoms with Gasteiger partial charge in [0.05, 0.1) is 6.10 Å². The zero-order valence-corrected chi connectivity index (χ0v) is 11.3. The number of hydrogen-bond donors (Lipinski definition) is 1. The number of rotatable bonds is 5. The van der Waals surface area contributed by atoms with Crippen molar-refractivity contribution in [3.8, 4) is 0 Å². The molecule has 17 heavy (non-hydrogen) atoms. The minimum Gasteiger partial charge on any atom is -0.378 e. The summed E-state index contributed by atoms with van der Waals surface area (Å²) in [5.41, 5.74) is 6.26. The van der Waals surface area contributed by atoms with Crippen molar-refractivity contribution in [2.75, 3.05) is 45.9 Å². The van der Waals surface area contributed by atoms with Crippen LogP contribution in [0.15, 0.2) is 0 Å². The van der Waals surface area contributed by atoms with E-state index in [2.05, 4.69) is 23.6 Å². The van der Waals surface area contributed by atoms with Crippen LogP contribution in [0.25, 0.3) is 0 Å². The van der Waals surface area contributed by atoms with Gasteiger partial charge in [0.15, 0.2) is 0 Å². The Hall–Kier alpha value is -0.160. The third-order valence-electron chi connectivity index (χ3n) is 4.49. The van der Waals surface area contributed by atoms with Gasteiger partial charge in [0.2, 0.25) is 0 Å². The van der Waals surface area contributed by atoms with E-state index in [0.717, 1.165) is 26.0 Å². The fraction of sp³-hybridized carbons (Fsp3) is 1.00. The molecule has 0 aromatic carbocycles. The third kappa shape index (κ3) is 2.65. The summed E-state index contributed by atoms with van der Waals surface area (Å²) < 4.78 is 5.68. The van der Waals surface area contributed by atoms with Crippen molar-refractivity contribution in [3.63, 3.8) is 0 Å². The maximum absolute atomic E-state index is 6.01. The fourth-order valence-electron chi connectivity index (χ4n) is 3.23. The first-order valence-corrected chi connectivity index (χ1v) is 7.03. The van der Waals surface area contributed by atoms with Crippen molar-refractivity contribution < 1.29 is 4.74 Å². The Kier molecular flexibility index (Phi) is 4.42. The molecule has 2 rings (SSSR count). The monoisotopic (exact) mass is 241 g/mol. The topological polar surface area (TPSA) is 41.7 Å². The van der Waals surface area contributed by atoms with Crippen LogP contribution in [0, 0.1) is 0 Å². The van der Waals surface area contributed by atoms with Crippen molar-refractivity contribution in [2.45, 2.75) is 38.3 Å². The summed E-state index contributed by atoms with van der Waals surface area (Å²) >= 11 is 0. The molecule has 1 saturated carbocycles. The average molecular weight is 241 g/mol. The third-order valence-corrected chi connectivity index (χ3v) is 4.49. The van der Waals surface area contributed by atoms with Crippen LogP contribution in [-0.2, 0) is 4.74 Å². The van der Waals surface area contributed by atoms with E-state index in [0.29, 0.717) is 6.10 Å². The number of piperazine rings is 1. The van der Waals surface area contributed by atoms with Gasteiger partial charge in [-0.05, 0) is 26.3 Å². The number of hydrogen-bond acceptors (Lipinski definition) is 4. The summed E-state index contributed by atoms with van der Waals surface area (Å²) in [6.45, 7) is 11.8. The van der Waals surface area contributed by atoms with Gasteiger partial charge >= 0.3 is 0 Å². The molecular formula is C13H27N3O. The molecular weight excluding hydrogens is 214 g/mol. The van der Waals surface area contributed by atoms with Crippen LogP contribution in [0.5, 0.6) is 0 Å². The van der Waals surface area contributed by atoms with Crippen LogP contribution in [0.3, 0.4) is 0 Å². The Bertz CT molecular complexity index is 233. The first-order chi connectivity index (χ1) is 8.24. The Morgan fingerprint density at radius 2 is 1.82 bits per heavy atom. The van der Waals surface area contributed by atoms with Crippen LogP contribution >= 0.6 is 0 Å². The van der Waals surface area contributed by atoms with Crippen LogP contribution in [0.1, 0.15) is 26.7 Å². The van der Waals surface area contributed by atoms with Gasteiger partial charge in [0.25, 0.3) is 0 Å². The van der Waals surface area contributed by atoms with Gasteiger partial charge in [-0.2, -0.15) is 0 Å². The van der Waals surface area contributed by atoms with Gasteiger partial charge in [-0.1, -0.05) is 6.92 Å². The zero-order valence-electron chi connectivity index (χ0n) is 11.3. The Labute approximate surface area is 105 Å². The predicted molar refractivity (Wildman–Crippen MR) is 70.1 cm³/mol. The molecule has 1 saturated heterocycles. The highest BCUT2D eigenvalue weighted by Crippen LogP contribution is 2.39. The van der Waals surface area contributed by atoms with E-state index in [-0.39, 0.29) is 5.54 Å². The molecule has 0 aromatic rings. The smallest absolute Gasteiger partial charge is 0.0611 e. The first kappa shape index (κ1) is 13.3. The minimum atomic E-state index is 0.250. The van der Waals surface area contributed by atoms with Gasteiger partial charge in [-0.25, -0.2) is 0 Å². The van der Waals surface area contributed by atoms with Crippen molar-refractivity contribution in [3.05, 3.63) is 0 Å². The molecule has 2 aliphatic rings. The molecule has 100 valence electrons. The van der Waals surface area contributed by atoms with Crippen LogP contribution < -0.4 is 5.73 Å². The fourth-order valence-corrected chi connectivity index (χ4v) is 3.23. The zero-order chi connectivity index (χ0) is 12.3. The van der Waals surface area contributed by atoms with Gasteiger partial charge in [0.1, 0.15) is 0 Å². The maximum Gasteiger partial charge on any atom is 0.0611 e. The van der Waals surface area contributed by atoms with Crippen molar-refractivity contribution in [2.24, 2.45) is 5.73 Å². The van der Waals surface area contributed by atoms with Crippen molar-refractivity contribution >= 4 is 0 Å². The predicted octanol–water partition coefficient (Wildman–Crippen LogP) is 0.520. The Morgan fingerprint density at radius 1 is 1.18 bits per heavy atom. The summed E-state index contributed by atoms with van der Waals surface area (Å²) in [6.07, 6.45) is 2.71. The van der Waals surface area contributed by atoms with Gasteiger partial charge < -0.3 is 15.4 Å². The number of nitrogens with zero attached hydrogens (tertiary/aromatic N) is 2. The van der Waals surface area contributed by atoms with Crippen LogP contribution in [0.2, 0.25) is 0 Å². The van der Waals surface area contributed by atoms with Gasteiger partial charge in [-0.15, -0.1) is 0 Å². The summed E-state index contributed by atoms with van der Waals surface area (Å²) in [5, 5.41) is 0. The largest absolute Gasteiger partial charge is 0.378 e. The van der Waals surface area contributed by atoms with E-state index >= 15 is 0 Å². The highest BCUT2D eigenvalue weighted by Gasteiger charge is 2.48. The standard InChI is InChI=1S/C13H27N3O/c1-3-15-5-7-16(8-6-15)13(11-14)9-12(10-13)17-4-2/h12H,3-11,14H2,1-2H3. The molecule has 0 spiro atoms. The van der Waals surface area contributed by atoms with E-state index in [1.807, 2.05) is 0 Å². The lowest BCUT2D eigenvalue weighted by Crippen LogP contribution is -2.67. The summed E-state index contributed by atoms with van der Waals surface area (Å²) in [4.78, 5) is 5.12. The second kappa shape index (κ2) is 5.65. The molecule has 0 atom stereocenters. The van der Waals surface area contributed by atoms with Crippen molar-refractivity contribution in [1.29, 1.82) is 0 Å². The summed E-state index contributed by atoms with van der Waals surface area (Å²) in [7, 11) is 0. The number of ether oxygens (including phenoxy) is 1. The lowest BCUT2D eigenvalue weighted by molar-refractivity contribution is -0.110. The molecule has 1 aliphatic carbocycles. The molecule has 2 fully saturated rings. The van der Waals surface area contributed by atoms with E-state index in [1.165, 1.54) is 32.7 Å². The van der Waals surface area contributed by atoms with Gasteiger partial charge in [0, 0.05) is 44.9 Å². The molecule has 0 aromatic heterocycles. The second-order valence-electron chi connectivity index (χ2n) is 5.34. The van der Waals surface area contributed by atoms with E-state index in [4.69, 9.17) is 10.5 Å². The summed E-state index contributed by atoms with van der Waals surface area (Å²) in [5.74, 6) is 0. The molecule has 4 heteroatoms. The molecule has 0 bridgehead atoms. The van der Waals surface area contributed by atoms with Gasteiger partial charge in [-0.3, -0.25) is 4.90 Å². The van der Waals surface area contributed by atoms with E-state index in [9.17, 15) is 0 Å². The van der Waals surface area contributed by atoms with E-state index < -0.39 is 0 Å². The molecule has 0 radical (unpaired) electrons. The molecule has 1 aliphatic heterocycles. The first-order valence-electron chi connectivity index (χ1n) is 7.03. The highest BCUT2D eigenvalue weighted by molar-refractivity contribution is 5.05. The van der Waals surface area contributed by atoms with Crippen LogP contribution in [-0.4, -0.2) is 67.3 Å². The molecule has 4 nitrogen and oxygen atoms in total. The number of likely N-dealkylation sites (N-methyl/N-ethyl adjacent to an activating group) is 1. The molecule has 0 unspecified atom stereocenters. The lowest BCUT2D eigenvalue weighted by Gasteiger charge is -2.55. The quantitative estimate of drug-likeness (QED) is 0.762. The summed E-state index contributed by atoms with van der Waals surface area (Å²) in [6, 6.07) is 0. The average Bonchev–Trinajstić information content (AvgIpc) is 2.34. The maximum atomic E-state index is 6.01. The highest BCUT2D eigenvalue weighted by atomic mass is 16.5. The SMILES string of the molecule is CCOC1CC(CN)(N2CCN(CC)CC2)C1. The number of nitrogens with two attached hydrogens (primary N) is 1. The van der Waals surface area contributed by atoms with E-state index in [1.54, 1.807) is 0 Å². The van der Waals surface area contributed by atoms with Crippen molar-refractivity contribution in [1.82, 2.24) is 9.80 Å². The second-order valence-corrected chi connectivity index (χ2v) is 5.34. The lowest BCUT2D eigenvalue weighted by atomic mass is 9.72. The Balaban J connectivity index is 1.84.